The molecule has 0 spiro atoms. The zero-order chi connectivity index (χ0) is 16.1. The van der Waals surface area contributed by atoms with Crippen LogP contribution in [0.5, 0.6) is 0 Å². The third kappa shape index (κ3) is 3.53. The Morgan fingerprint density at radius 3 is 2.23 bits per heavy atom. The van der Waals surface area contributed by atoms with Gasteiger partial charge in [-0.05, 0) is 43.0 Å². The molecule has 22 heavy (non-hydrogen) atoms. The molecule has 3 heteroatoms. The van der Waals surface area contributed by atoms with E-state index in [2.05, 4.69) is 49.3 Å². The summed E-state index contributed by atoms with van der Waals surface area (Å²) in [5.74, 6) is -0.00254. The highest BCUT2D eigenvalue weighted by Gasteiger charge is 2.13. The van der Waals surface area contributed by atoms with E-state index in [0.717, 1.165) is 18.5 Å². The third-order valence-electron chi connectivity index (χ3n) is 3.93. The van der Waals surface area contributed by atoms with Crippen LogP contribution in [0.15, 0.2) is 36.4 Å². The SMILES string of the molecule is CCc1cccc(CC)c1NC(C)c1cccc(C(C)=O)n1. The van der Waals surface area contributed by atoms with Crippen molar-refractivity contribution in [2.24, 2.45) is 0 Å². The number of pyridine rings is 1. The number of aromatic nitrogens is 1. The molecule has 116 valence electrons. The molecule has 1 aromatic heterocycles. The molecule has 0 saturated carbocycles. The van der Waals surface area contributed by atoms with Crippen molar-refractivity contribution < 1.29 is 4.79 Å². The van der Waals surface area contributed by atoms with Crippen LogP contribution < -0.4 is 5.32 Å². The van der Waals surface area contributed by atoms with Gasteiger partial charge in [0.25, 0.3) is 0 Å². The normalized spacial score (nSPS) is 12.0. The molecular weight excluding hydrogens is 272 g/mol. The molecule has 0 amide bonds. The summed E-state index contributed by atoms with van der Waals surface area (Å²) >= 11 is 0. The van der Waals surface area contributed by atoms with Gasteiger partial charge in [0.1, 0.15) is 5.69 Å². The van der Waals surface area contributed by atoms with Gasteiger partial charge in [-0.3, -0.25) is 4.79 Å². The van der Waals surface area contributed by atoms with Gasteiger partial charge in [-0.15, -0.1) is 0 Å². The summed E-state index contributed by atoms with van der Waals surface area (Å²) in [5.41, 5.74) is 5.24. The Labute approximate surface area is 132 Å². The predicted octanol–water partition coefficient (Wildman–Crippen LogP) is 4.58. The van der Waals surface area contributed by atoms with E-state index in [9.17, 15) is 4.79 Å². The van der Waals surface area contributed by atoms with Crippen molar-refractivity contribution in [2.45, 2.75) is 46.6 Å². The lowest BCUT2D eigenvalue weighted by molar-refractivity contribution is 0.101. The molecule has 0 aliphatic heterocycles. The number of anilines is 1. The average molecular weight is 296 g/mol. The van der Waals surface area contributed by atoms with Crippen molar-refractivity contribution in [1.82, 2.24) is 4.98 Å². The Balaban J connectivity index is 2.31. The number of carbonyl (C=O) groups is 1. The van der Waals surface area contributed by atoms with Crippen molar-refractivity contribution in [3.05, 3.63) is 58.9 Å². The molecule has 0 bridgehead atoms. The first-order chi connectivity index (χ1) is 10.6. The van der Waals surface area contributed by atoms with E-state index < -0.39 is 0 Å². The Morgan fingerprint density at radius 1 is 1.09 bits per heavy atom. The summed E-state index contributed by atoms with van der Waals surface area (Å²) in [7, 11) is 0. The van der Waals surface area contributed by atoms with Crippen LogP contribution in [0, 0.1) is 0 Å². The lowest BCUT2D eigenvalue weighted by atomic mass is 10.0. The first kappa shape index (κ1) is 16.2. The van der Waals surface area contributed by atoms with Gasteiger partial charge in [-0.1, -0.05) is 38.1 Å². The minimum atomic E-state index is -0.00254. The van der Waals surface area contributed by atoms with Gasteiger partial charge in [0.15, 0.2) is 5.78 Å². The highest BCUT2D eigenvalue weighted by atomic mass is 16.1. The van der Waals surface area contributed by atoms with Crippen LogP contribution in [0.1, 0.15) is 61.0 Å². The Kier molecular flexibility index (Phi) is 5.31. The molecule has 0 radical (unpaired) electrons. The largest absolute Gasteiger partial charge is 0.377 e. The maximum absolute atomic E-state index is 11.5. The molecule has 2 aromatic rings. The van der Waals surface area contributed by atoms with Gasteiger partial charge in [-0.2, -0.15) is 0 Å². The van der Waals surface area contributed by atoms with Crippen LogP contribution >= 0.6 is 0 Å². The van der Waals surface area contributed by atoms with E-state index in [1.807, 2.05) is 12.1 Å². The van der Waals surface area contributed by atoms with Crippen LogP contribution in [0.25, 0.3) is 0 Å². The van der Waals surface area contributed by atoms with Gasteiger partial charge >= 0.3 is 0 Å². The van der Waals surface area contributed by atoms with Crippen LogP contribution in [0.2, 0.25) is 0 Å². The van der Waals surface area contributed by atoms with E-state index in [4.69, 9.17) is 0 Å². The Morgan fingerprint density at radius 2 is 1.68 bits per heavy atom. The Bertz CT molecular complexity index is 642. The number of ketones is 1. The summed E-state index contributed by atoms with van der Waals surface area (Å²) in [5, 5.41) is 3.59. The lowest BCUT2D eigenvalue weighted by Crippen LogP contribution is -2.13. The highest BCUT2D eigenvalue weighted by Crippen LogP contribution is 2.26. The number of carbonyl (C=O) groups excluding carboxylic acids is 1. The second-order valence-electron chi connectivity index (χ2n) is 5.53. The number of nitrogens with zero attached hydrogens (tertiary/aromatic N) is 1. The van der Waals surface area contributed by atoms with Crippen molar-refractivity contribution in [3.63, 3.8) is 0 Å². The number of Topliss-reactive ketones (excluding diaryl/α,β-unsaturated/α-hetero) is 1. The number of rotatable bonds is 6. The molecular formula is C19H24N2O. The van der Waals surface area contributed by atoms with Crippen molar-refractivity contribution in [2.75, 3.05) is 5.32 Å². The van der Waals surface area contributed by atoms with E-state index in [1.165, 1.54) is 16.8 Å². The molecule has 3 nitrogen and oxygen atoms in total. The fourth-order valence-corrected chi connectivity index (χ4v) is 2.61. The number of para-hydroxylation sites is 1. The lowest BCUT2D eigenvalue weighted by Gasteiger charge is -2.20. The van der Waals surface area contributed by atoms with Gasteiger partial charge in [0.05, 0.1) is 11.7 Å². The molecule has 1 N–H and O–H groups in total. The second kappa shape index (κ2) is 7.21. The minimum Gasteiger partial charge on any atom is -0.377 e. The van der Waals surface area contributed by atoms with E-state index in [-0.39, 0.29) is 11.8 Å². The fourth-order valence-electron chi connectivity index (χ4n) is 2.61. The quantitative estimate of drug-likeness (QED) is 0.793. The second-order valence-corrected chi connectivity index (χ2v) is 5.53. The number of nitrogens with one attached hydrogen (secondary N) is 1. The van der Waals surface area contributed by atoms with Crippen LogP contribution in [-0.2, 0) is 12.8 Å². The number of hydrogen-bond donors (Lipinski definition) is 1. The van der Waals surface area contributed by atoms with Crippen molar-refractivity contribution in [1.29, 1.82) is 0 Å². The maximum Gasteiger partial charge on any atom is 0.178 e. The molecule has 1 aromatic carbocycles. The monoisotopic (exact) mass is 296 g/mol. The zero-order valence-corrected chi connectivity index (χ0v) is 13.8. The van der Waals surface area contributed by atoms with Gasteiger partial charge in [0, 0.05) is 12.6 Å². The zero-order valence-electron chi connectivity index (χ0n) is 13.8. The summed E-state index contributed by atoms with van der Waals surface area (Å²) in [6.45, 7) is 7.96. The first-order valence-electron chi connectivity index (χ1n) is 7.92. The Hall–Kier alpha value is -2.16. The fraction of sp³-hybridized carbons (Fsp3) is 0.368. The van der Waals surface area contributed by atoms with Crippen LogP contribution in [-0.4, -0.2) is 10.8 Å². The molecule has 0 fully saturated rings. The van der Waals surface area contributed by atoms with Gasteiger partial charge in [-0.25, -0.2) is 4.98 Å². The summed E-state index contributed by atoms with van der Waals surface area (Å²) < 4.78 is 0. The standard InChI is InChI=1S/C19H24N2O/c1-5-15-9-7-10-16(6-2)19(15)20-13(3)17-11-8-12-18(21-17)14(4)22/h7-13,20H,5-6H2,1-4H3. The van der Waals surface area contributed by atoms with Crippen molar-refractivity contribution in [3.8, 4) is 0 Å². The topological polar surface area (TPSA) is 42.0 Å². The predicted molar refractivity (Wildman–Crippen MR) is 91.5 cm³/mol. The number of benzene rings is 1. The summed E-state index contributed by atoms with van der Waals surface area (Å²) in [6, 6.07) is 12.1. The molecule has 0 saturated heterocycles. The average Bonchev–Trinajstić information content (AvgIpc) is 2.55. The van der Waals surface area contributed by atoms with Crippen molar-refractivity contribution >= 4 is 11.5 Å². The maximum atomic E-state index is 11.5. The summed E-state index contributed by atoms with van der Waals surface area (Å²) in [6.07, 6.45) is 1.98. The molecule has 2 rings (SSSR count). The number of hydrogen-bond acceptors (Lipinski definition) is 3. The molecule has 0 aliphatic rings. The minimum absolute atomic E-state index is 0.00254. The highest BCUT2D eigenvalue weighted by molar-refractivity contribution is 5.92. The third-order valence-corrected chi connectivity index (χ3v) is 3.93. The van der Waals surface area contributed by atoms with E-state index >= 15 is 0 Å². The van der Waals surface area contributed by atoms with Gasteiger partial charge < -0.3 is 5.32 Å². The van der Waals surface area contributed by atoms with Crippen LogP contribution in [0.3, 0.4) is 0 Å². The van der Waals surface area contributed by atoms with E-state index in [0.29, 0.717) is 5.69 Å². The molecule has 0 aliphatic carbocycles. The first-order valence-corrected chi connectivity index (χ1v) is 7.92. The molecule has 1 heterocycles. The van der Waals surface area contributed by atoms with Gasteiger partial charge in [0.2, 0.25) is 0 Å². The van der Waals surface area contributed by atoms with E-state index in [1.54, 1.807) is 13.0 Å². The van der Waals surface area contributed by atoms with Crippen LogP contribution in [0.4, 0.5) is 5.69 Å². The smallest absolute Gasteiger partial charge is 0.178 e. The molecule has 1 atom stereocenters. The molecule has 1 unspecified atom stereocenters. The number of aryl methyl sites for hydroxylation is 2. The summed E-state index contributed by atoms with van der Waals surface area (Å²) in [4.78, 5) is 16.0.